The van der Waals surface area contributed by atoms with Crippen LogP contribution in [0, 0.1) is 0 Å². The van der Waals surface area contributed by atoms with E-state index in [4.69, 9.17) is 5.73 Å². The van der Waals surface area contributed by atoms with Gasteiger partial charge in [0.05, 0.1) is 5.75 Å². The van der Waals surface area contributed by atoms with Crippen LogP contribution < -0.4 is 5.73 Å². The van der Waals surface area contributed by atoms with Gasteiger partial charge in [-0.05, 0) is 0 Å². The second-order valence-corrected chi connectivity index (χ2v) is 2.31. The number of nitrogens with two attached hydrogens (primary N) is 1. The van der Waals surface area contributed by atoms with Gasteiger partial charge in [-0.3, -0.25) is 0 Å². The van der Waals surface area contributed by atoms with E-state index in [1.807, 2.05) is 0 Å². The third-order valence-electron chi connectivity index (χ3n) is 0.625. The van der Waals surface area contributed by atoms with Crippen molar-refractivity contribution in [2.24, 2.45) is 0 Å². The number of nitrogen functional groups attached to an aromatic ring is 1. The Balaban J connectivity index is 2.84. The Kier molecular flexibility index (Phi) is 1.69. The second kappa shape index (κ2) is 2.32. The molecular weight excluding hydrogens is 142 g/mol. The van der Waals surface area contributed by atoms with Crippen molar-refractivity contribution in [1.82, 2.24) is 9.36 Å². The molecule has 1 heterocycles. The Hall–Kier alpha value is -0.290. The lowest BCUT2D eigenvalue weighted by Crippen LogP contribution is -1.83. The maximum Gasteiger partial charge on any atom is 0.199 e. The summed E-state index contributed by atoms with van der Waals surface area (Å²) < 4.78 is 3.86. The van der Waals surface area contributed by atoms with E-state index in [-0.39, 0.29) is 0 Å². The van der Waals surface area contributed by atoms with Crippen LogP contribution in [0.25, 0.3) is 0 Å². The maximum absolute atomic E-state index is 5.27. The van der Waals surface area contributed by atoms with Crippen molar-refractivity contribution >= 4 is 29.3 Å². The van der Waals surface area contributed by atoms with Crippen molar-refractivity contribution in [2.75, 3.05) is 5.73 Å². The van der Waals surface area contributed by atoms with Crippen molar-refractivity contribution in [1.29, 1.82) is 0 Å². The Bertz CT molecular complexity index is 173. The normalized spacial score (nSPS) is 9.62. The lowest BCUT2D eigenvalue weighted by molar-refractivity contribution is 1.15. The van der Waals surface area contributed by atoms with E-state index in [2.05, 4.69) is 22.0 Å². The zero-order chi connectivity index (χ0) is 5.98. The predicted octanol–water partition coefficient (Wildman–Crippen LogP) is 0.550. The summed E-state index contributed by atoms with van der Waals surface area (Å²) in [6, 6.07) is 0. The zero-order valence-corrected chi connectivity index (χ0v) is 5.75. The quantitative estimate of drug-likeness (QED) is 0.570. The summed E-state index contributed by atoms with van der Waals surface area (Å²) in [7, 11) is 0. The largest absolute Gasteiger partial charge is 0.374 e. The number of hydrogen-bond donors (Lipinski definition) is 2. The van der Waals surface area contributed by atoms with Gasteiger partial charge in [-0.1, -0.05) is 0 Å². The highest BCUT2D eigenvalue weighted by molar-refractivity contribution is 7.79. The van der Waals surface area contributed by atoms with Crippen LogP contribution in [0.15, 0.2) is 0 Å². The number of thiol groups is 1. The molecular formula is C3H5N3S2. The molecule has 0 aliphatic carbocycles. The van der Waals surface area contributed by atoms with Gasteiger partial charge >= 0.3 is 0 Å². The summed E-state index contributed by atoms with van der Waals surface area (Å²) in [5.41, 5.74) is 5.27. The van der Waals surface area contributed by atoms with Crippen LogP contribution in [-0.2, 0) is 5.75 Å². The van der Waals surface area contributed by atoms with Crippen molar-refractivity contribution in [3.8, 4) is 0 Å². The minimum absolute atomic E-state index is 0.508. The van der Waals surface area contributed by atoms with Crippen LogP contribution in [-0.4, -0.2) is 9.36 Å². The minimum Gasteiger partial charge on any atom is -0.374 e. The van der Waals surface area contributed by atoms with Crippen LogP contribution in [0.2, 0.25) is 0 Å². The fourth-order valence-corrected chi connectivity index (χ4v) is 1.02. The smallest absolute Gasteiger partial charge is 0.199 e. The summed E-state index contributed by atoms with van der Waals surface area (Å²) >= 11 is 5.15. The van der Waals surface area contributed by atoms with E-state index in [9.17, 15) is 0 Å². The lowest BCUT2D eigenvalue weighted by Gasteiger charge is -1.76. The van der Waals surface area contributed by atoms with E-state index in [1.54, 1.807) is 0 Å². The summed E-state index contributed by atoms with van der Waals surface area (Å²) in [5, 5.41) is 0.508. The molecule has 0 radical (unpaired) electrons. The Morgan fingerprint density at radius 2 is 2.50 bits per heavy atom. The first-order valence-electron chi connectivity index (χ1n) is 2.02. The Morgan fingerprint density at radius 1 is 1.75 bits per heavy atom. The molecule has 0 fully saturated rings. The van der Waals surface area contributed by atoms with Gasteiger partial charge in [-0.2, -0.15) is 17.0 Å². The first-order valence-corrected chi connectivity index (χ1v) is 3.42. The highest BCUT2D eigenvalue weighted by Gasteiger charge is 1.94. The highest BCUT2D eigenvalue weighted by Crippen LogP contribution is 2.06. The molecule has 0 unspecified atom stereocenters. The van der Waals surface area contributed by atoms with E-state index in [0.717, 1.165) is 0 Å². The van der Waals surface area contributed by atoms with E-state index >= 15 is 0 Å². The van der Waals surface area contributed by atoms with Crippen LogP contribution >= 0.6 is 24.2 Å². The second-order valence-electron chi connectivity index (χ2n) is 1.21. The van der Waals surface area contributed by atoms with Gasteiger partial charge in [0.25, 0.3) is 0 Å². The van der Waals surface area contributed by atoms with Gasteiger partial charge in [0.1, 0.15) is 0 Å². The topological polar surface area (TPSA) is 51.8 Å². The summed E-state index contributed by atoms with van der Waals surface area (Å²) in [5.74, 6) is 1.27. The number of aromatic nitrogens is 2. The first kappa shape index (κ1) is 5.84. The van der Waals surface area contributed by atoms with Gasteiger partial charge in [0.2, 0.25) is 0 Å². The van der Waals surface area contributed by atoms with Crippen molar-refractivity contribution in [3.05, 3.63) is 5.82 Å². The van der Waals surface area contributed by atoms with Gasteiger partial charge < -0.3 is 5.73 Å². The molecule has 1 rings (SSSR count). The molecule has 1 aromatic rings. The monoisotopic (exact) mass is 147 g/mol. The fraction of sp³-hybridized carbons (Fsp3) is 0.333. The minimum atomic E-state index is 0.508. The van der Waals surface area contributed by atoms with Gasteiger partial charge in [0.15, 0.2) is 11.0 Å². The number of anilines is 1. The molecule has 0 aliphatic heterocycles. The Morgan fingerprint density at radius 3 is 2.75 bits per heavy atom. The average molecular weight is 147 g/mol. The average Bonchev–Trinajstić information content (AvgIpc) is 2.14. The molecule has 2 N–H and O–H groups in total. The van der Waals surface area contributed by atoms with Gasteiger partial charge in [0, 0.05) is 11.5 Å². The molecule has 3 nitrogen and oxygen atoms in total. The third kappa shape index (κ3) is 1.10. The van der Waals surface area contributed by atoms with Crippen LogP contribution in [0.3, 0.4) is 0 Å². The van der Waals surface area contributed by atoms with E-state index in [0.29, 0.717) is 16.7 Å². The number of nitrogens with zero attached hydrogens (tertiary/aromatic N) is 2. The molecule has 0 amide bonds. The predicted molar refractivity (Wildman–Crippen MR) is 37.0 cm³/mol. The molecule has 0 spiro atoms. The fourth-order valence-electron chi connectivity index (χ4n) is 0.332. The molecule has 0 aliphatic rings. The highest BCUT2D eigenvalue weighted by atomic mass is 32.1. The van der Waals surface area contributed by atoms with Crippen LogP contribution in [0.1, 0.15) is 5.82 Å². The molecule has 5 heteroatoms. The maximum atomic E-state index is 5.27. The van der Waals surface area contributed by atoms with E-state index in [1.165, 1.54) is 11.5 Å². The third-order valence-corrected chi connectivity index (χ3v) is 1.49. The Labute approximate surface area is 56.5 Å². The van der Waals surface area contributed by atoms with Crippen molar-refractivity contribution in [2.45, 2.75) is 5.75 Å². The zero-order valence-electron chi connectivity index (χ0n) is 4.03. The summed E-state index contributed by atoms with van der Waals surface area (Å²) in [6.45, 7) is 0. The van der Waals surface area contributed by atoms with Crippen LogP contribution in [0.4, 0.5) is 5.13 Å². The molecule has 8 heavy (non-hydrogen) atoms. The lowest BCUT2D eigenvalue weighted by atomic mass is 10.7. The van der Waals surface area contributed by atoms with E-state index < -0.39 is 0 Å². The molecule has 0 atom stereocenters. The molecule has 0 bridgehead atoms. The molecule has 0 saturated heterocycles. The first-order chi connectivity index (χ1) is 3.83. The molecule has 1 aromatic heterocycles. The molecule has 0 saturated carbocycles. The number of hydrogen-bond acceptors (Lipinski definition) is 5. The van der Waals surface area contributed by atoms with Gasteiger partial charge in [-0.15, -0.1) is 0 Å². The summed E-state index contributed by atoms with van der Waals surface area (Å²) in [6.07, 6.45) is 0. The molecule has 44 valence electrons. The standard InChI is InChI=1S/C3H5N3S2/c4-3-5-2(1-7)6-8-3/h7H,1H2,(H2,4,5,6). The summed E-state index contributed by atoms with van der Waals surface area (Å²) in [4.78, 5) is 3.84. The van der Waals surface area contributed by atoms with Gasteiger partial charge in [-0.25, -0.2) is 4.98 Å². The molecule has 0 aromatic carbocycles. The SMILES string of the molecule is Nc1nc(CS)ns1. The number of rotatable bonds is 1. The van der Waals surface area contributed by atoms with Crippen molar-refractivity contribution in [3.63, 3.8) is 0 Å². The van der Waals surface area contributed by atoms with Crippen LogP contribution in [0.5, 0.6) is 0 Å². The van der Waals surface area contributed by atoms with Crippen molar-refractivity contribution < 1.29 is 0 Å².